The van der Waals surface area contributed by atoms with Crippen LogP contribution in [0.2, 0.25) is 0 Å². The lowest BCUT2D eigenvalue weighted by Crippen LogP contribution is -2.28. The number of para-hydroxylation sites is 2. The highest BCUT2D eigenvalue weighted by atomic mass is 35.5. The van der Waals surface area contributed by atoms with Crippen LogP contribution < -0.4 is 10.6 Å². The quantitative estimate of drug-likeness (QED) is 0.485. The van der Waals surface area contributed by atoms with Crippen LogP contribution in [-0.4, -0.2) is 22.9 Å². The summed E-state index contributed by atoms with van der Waals surface area (Å²) in [4.78, 5) is 12.9. The van der Waals surface area contributed by atoms with Crippen molar-refractivity contribution in [1.82, 2.24) is 4.90 Å². The maximum absolute atomic E-state index is 11.5. The lowest BCUT2D eigenvalue weighted by Gasteiger charge is -2.28. The van der Waals surface area contributed by atoms with Gasteiger partial charge in [0.2, 0.25) is 0 Å². The van der Waals surface area contributed by atoms with Gasteiger partial charge in [-0.15, -0.1) is 0 Å². The molecule has 0 aromatic heterocycles. The first-order valence-electron chi connectivity index (χ1n) is 7.40. The molecule has 0 unspecified atom stereocenters. The molecule has 2 aliphatic heterocycles. The number of nitrogens with zero attached hydrogens (tertiary/aromatic N) is 2. The third-order valence-electron chi connectivity index (χ3n) is 3.89. The van der Waals surface area contributed by atoms with E-state index in [0.29, 0.717) is 0 Å². The topological polar surface area (TPSA) is 70.4 Å². The molecular weight excluding hydrogens is 339 g/mol. The molecule has 1 saturated heterocycles. The SMILES string of the molecule is O=[N+]([O-])C(=C1Nc2ccccc2N1)/C(Cl)=C(/Cl)N1CCCCC1. The van der Waals surface area contributed by atoms with Crippen molar-refractivity contribution in [2.24, 2.45) is 0 Å². The molecule has 0 spiro atoms. The molecule has 2 N–H and O–H groups in total. The fourth-order valence-electron chi connectivity index (χ4n) is 2.73. The van der Waals surface area contributed by atoms with Crippen molar-refractivity contribution in [2.45, 2.75) is 19.3 Å². The number of nitro groups is 1. The number of rotatable bonds is 3. The van der Waals surface area contributed by atoms with Crippen LogP contribution in [0.3, 0.4) is 0 Å². The average molecular weight is 355 g/mol. The van der Waals surface area contributed by atoms with Gasteiger partial charge in [0, 0.05) is 13.1 Å². The summed E-state index contributed by atoms with van der Waals surface area (Å²) in [5.74, 6) is 0.233. The Kier molecular flexibility index (Phi) is 4.63. The second-order valence-corrected chi connectivity index (χ2v) is 6.16. The van der Waals surface area contributed by atoms with Crippen LogP contribution in [0.1, 0.15) is 19.3 Å². The predicted molar refractivity (Wildman–Crippen MR) is 91.9 cm³/mol. The predicted octanol–water partition coefficient (Wildman–Crippen LogP) is 4.10. The Morgan fingerprint density at radius 1 is 1.09 bits per heavy atom. The second-order valence-electron chi connectivity index (χ2n) is 5.43. The minimum atomic E-state index is -0.518. The molecule has 2 aliphatic rings. The molecule has 122 valence electrons. The Labute approximate surface area is 143 Å². The Balaban J connectivity index is 1.96. The summed E-state index contributed by atoms with van der Waals surface area (Å²) in [7, 11) is 0. The first kappa shape index (κ1) is 16.0. The van der Waals surface area contributed by atoms with Gasteiger partial charge in [0.05, 0.1) is 16.3 Å². The number of benzene rings is 1. The van der Waals surface area contributed by atoms with Crippen molar-refractivity contribution in [3.63, 3.8) is 0 Å². The molecule has 0 aliphatic carbocycles. The molecule has 6 nitrogen and oxygen atoms in total. The molecule has 2 heterocycles. The van der Waals surface area contributed by atoms with Crippen molar-refractivity contribution in [3.05, 3.63) is 56.1 Å². The van der Waals surface area contributed by atoms with Crippen LogP contribution >= 0.6 is 23.2 Å². The summed E-state index contributed by atoms with van der Waals surface area (Å²) in [6, 6.07) is 7.36. The highest BCUT2D eigenvalue weighted by molar-refractivity contribution is 6.40. The zero-order chi connectivity index (χ0) is 16.4. The first-order chi connectivity index (χ1) is 11.1. The van der Waals surface area contributed by atoms with Gasteiger partial charge in [0.25, 0.3) is 0 Å². The second kappa shape index (κ2) is 6.68. The van der Waals surface area contributed by atoms with E-state index in [9.17, 15) is 10.1 Å². The van der Waals surface area contributed by atoms with Gasteiger partial charge in [-0.05, 0) is 31.4 Å². The standard InChI is InChI=1S/C15H16Cl2N4O2/c16-12(14(17)20-8-4-1-5-9-20)13(21(22)23)15-18-10-6-2-3-7-11(10)19-15/h2-3,6-7,18-19H,1,4-5,8-9H2/b14-12+. The van der Waals surface area contributed by atoms with Gasteiger partial charge < -0.3 is 15.5 Å². The van der Waals surface area contributed by atoms with Crippen molar-refractivity contribution < 1.29 is 4.92 Å². The smallest absolute Gasteiger partial charge is 0.331 e. The molecule has 0 amide bonds. The lowest BCUT2D eigenvalue weighted by molar-refractivity contribution is -0.420. The number of halogens is 2. The van der Waals surface area contributed by atoms with Crippen molar-refractivity contribution in [3.8, 4) is 0 Å². The van der Waals surface area contributed by atoms with Gasteiger partial charge >= 0.3 is 5.70 Å². The number of fused-ring (bicyclic) bond motifs is 1. The summed E-state index contributed by atoms with van der Waals surface area (Å²) in [5, 5.41) is 17.7. The molecule has 8 heteroatoms. The molecule has 0 radical (unpaired) electrons. The third kappa shape index (κ3) is 3.23. The maximum Gasteiger partial charge on any atom is 0.331 e. The van der Waals surface area contributed by atoms with E-state index in [1.54, 1.807) is 0 Å². The van der Waals surface area contributed by atoms with Crippen molar-refractivity contribution in [2.75, 3.05) is 23.7 Å². The Morgan fingerprint density at radius 2 is 1.65 bits per heavy atom. The highest BCUT2D eigenvalue weighted by Gasteiger charge is 2.31. The summed E-state index contributed by atoms with van der Waals surface area (Å²) in [6.07, 6.45) is 3.15. The Bertz CT molecular complexity index is 669. The third-order valence-corrected chi connectivity index (χ3v) is 4.77. The van der Waals surface area contributed by atoms with Gasteiger partial charge in [-0.25, -0.2) is 0 Å². The Hall–Kier alpha value is -1.92. The minimum Gasteiger partial charge on any atom is -0.361 e. The number of piperidine rings is 1. The highest BCUT2D eigenvalue weighted by Crippen LogP contribution is 2.35. The summed E-state index contributed by atoms with van der Waals surface area (Å²) >= 11 is 12.6. The van der Waals surface area contributed by atoms with E-state index in [1.807, 2.05) is 29.2 Å². The fraction of sp³-hybridized carbons (Fsp3) is 0.333. The summed E-state index contributed by atoms with van der Waals surface area (Å²) in [6.45, 7) is 1.52. The van der Waals surface area contributed by atoms with Gasteiger partial charge in [0.15, 0.2) is 10.9 Å². The van der Waals surface area contributed by atoms with Crippen LogP contribution in [-0.2, 0) is 0 Å². The molecule has 0 bridgehead atoms. The fourth-order valence-corrected chi connectivity index (χ4v) is 3.27. The summed E-state index contributed by atoms with van der Waals surface area (Å²) in [5.41, 5.74) is 1.28. The number of hydrogen-bond donors (Lipinski definition) is 2. The van der Waals surface area contributed by atoms with Gasteiger partial charge in [-0.3, -0.25) is 10.1 Å². The maximum atomic E-state index is 11.5. The zero-order valence-electron chi connectivity index (χ0n) is 12.3. The van der Waals surface area contributed by atoms with E-state index in [2.05, 4.69) is 10.6 Å². The lowest BCUT2D eigenvalue weighted by atomic mass is 10.1. The molecule has 1 fully saturated rings. The number of allylic oxidation sites excluding steroid dienone is 1. The molecule has 23 heavy (non-hydrogen) atoms. The van der Waals surface area contributed by atoms with Crippen LogP contribution in [0, 0.1) is 10.1 Å². The van der Waals surface area contributed by atoms with Crippen molar-refractivity contribution >= 4 is 34.6 Å². The van der Waals surface area contributed by atoms with E-state index in [-0.39, 0.29) is 21.7 Å². The normalized spacial score (nSPS) is 17.8. The molecule has 0 saturated carbocycles. The van der Waals surface area contributed by atoms with E-state index in [0.717, 1.165) is 43.7 Å². The molecule has 3 rings (SSSR count). The van der Waals surface area contributed by atoms with E-state index < -0.39 is 4.92 Å². The van der Waals surface area contributed by atoms with E-state index in [4.69, 9.17) is 23.2 Å². The largest absolute Gasteiger partial charge is 0.361 e. The number of hydrogen-bond acceptors (Lipinski definition) is 5. The van der Waals surface area contributed by atoms with E-state index in [1.165, 1.54) is 0 Å². The van der Waals surface area contributed by atoms with Gasteiger partial charge in [-0.2, -0.15) is 0 Å². The zero-order valence-corrected chi connectivity index (χ0v) is 13.8. The van der Waals surface area contributed by atoms with Gasteiger partial charge in [-0.1, -0.05) is 35.3 Å². The number of likely N-dealkylation sites (tertiary alicyclic amines) is 1. The monoisotopic (exact) mass is 354 g/mol. The van der Waals surface area contributed by atoms with Crippen molar-refractivity contribution in [1.29, 1.82) is 0 Å². The Morgan fingerprint density at radius 3 is 2.17 bits per heavy atom. The number of anilines is 2. The van der Waals surface area contributed by atoms with E-state index >= 15 is 0 Å². The van der Waals surface area contributed by atoms with Gasteiger partial charge in [0.1, 0.15) is 5.16 Å². The minimum absolute atomic E-state index is 0.0543. The van der Waals surface area contributed by atoms with Crippen LogP contribution in [0.5, 0.6) is 0 Å². The first-order valence-corrected chi connectivity index (χ1v) is 8.16. The van der Waals surface area contributed by atoms with Crippen LogP contribution in [0.25, 0.3) is 0 Å². The number of nitrogens with one attached hydrogen (secondary N) is 2. The van der Waals surface area contributed by atoms with Crippen LogP contribution in [0.4, 0.5) is 11.4 Å². The molecule has 1 aromatic carbocycles. The molecule has 0 atom stereocenters. The average Bonchev–Trinajstić information content (AvgIpc) is 2.98. The molecule has 1 aromatic rings. The summed E-state index contributed by atoms with van der Waals surface area (Å²) < 4.78 is 0. The van der Waals surface area contributed by atoms with Crippen LogP contribution in [0.15, 0.2) is 46.0 Å². The molecular formula is C15H16Cl2N4O2.